The molecule has 0 saturated carbocycles. The Morgan fingerprint density at radius 1 is 1.37 bits per heavy atom. The van der Waals surface area contributed by atoms with Gasteiger partial charge in [-0.15, -0.1) is 11.3 Å². The second-order valence-electron chi connectivity index (χ2n) is 4.11. The molecule has 0 aliphatic carbocycles. The lowest BCUT2D eigenvalue weighted by molar-refractivity contribution is -0.140. The van der Waals surface area contributed by atoms with Crippen molar-refractivity contribution in [3.05, 3.63) is 50.9 Å². The Bertz CT molecular complexity index is 551. The third kappa shape index (κ3) is 4.33. The summed E-state index contributed by atoms with van der Waals surface area (Å²) in [6.07, 6.45) is 1.80. The Morgan fingerprint density at radius 2 is 2.11 bits per heavy atom. The van der Waals surface area contributed by atoms with Crippen LogP contribution >= 0.6 is 22.9 Å². The summed E-state index contributed by atoms with van der Waals surface area (Å²) in [4.78, 5) is 15.6. The number of halogens is 1. The van der Waals surface area contributed by atoms with Gasteiger partial charge in [0, 0.05) is 23.2 Å². The van der Waals surface area contributed by atoms with Crippen molar-refractivity contribution in [2.45, 2.75) is 19.3 Å². The number of hydrogen-bond acceptors (Lipinski definition) is 4. The third-order valence-corrected chi connectivity index (χ3v) is 3.83. The van der Waals surface area contributed by atoms with Gasteiger partial charge in [0.15, 0.2) is 0 Å². The highest BCUT2D eigenvalue weighted by Crippen LogP contribution is 2.17. The van der Waals surface area contributed by atoms with Gasteiger partial charge < -0.3 is 4.74 Å². The number of aryl methyl sites for hydroxylation is 1. The summed E-state index contributed by atoms with van der Waals surface area (Å²) in [6.45, 7) is 0. The number of nitrogens with zero attached hydrogens (tertiary/aromatic N) is 1. The van der Waals surface area contributed by atoms with Gasteiger partial charge in [-0.3, -0.25) is 4.79 Å². The predicted molar refractivity (Wildman–Crippen MR) is 76.7 cm³/mol. The lowest BCUT2D eigenvalue weighted by Gasteiger charge is -1.98. The van der Waals surface area contributed by atoms with Crippen molar-refractivity contribution in [3.63, 3.8) is 0 Å². The molecule has 0 aliphatic rings. The number of carbonyl (C=O) groups excluding carboxylic acids is 1. The maximum Gasteiger partial charge on any atom is 0.305 e. The lowest BCUT2D eigenvalue weighted by Crippen LogP contribution is -2.02. The second kappa shape index (κ2) is 6.68. The van der Waals surface area contributed by atoms with E-state index in [9.17, 15) is 4.79 Å². The summed E-state index contributed by atoms with van der Waals surface area (Å²) in [7, 11) is 1.40. The minimum Gasteiger partial charge on any atom is -0.469 e. The lowest BCUT2D eigenvalue weighted by atomic mass is 10.2. The first-order valence-corrected chi connectivity index (χ1v) is 7.17. The van der Waals surface area contributed by atoms with Crippen LogP contribution in [0.4, 0.5) is 0 Å². The summed E-state index contributed by atoms with van der Waals surface area (Å²) < 4.78 is 4.61. The van der Waals surface area contributed by atoms with Crippen LogP contribution in [-0.2, 0) is 22.4 Å². The number of esters is 1. The molecule has 100 valence electrons. The van der Waals surface area contributed by atoms with Crippen LogP contribution in [-0.4, -0.2) is 18.1 Å². The van der Waals surface area contributed by atoms with E-state index in [-0.39, 0.29) is 5.97 Å². The van der Waals surface area contributed by atoms with Gasteiger partial charge in [0.1, 0.15) is 0 Å². The van der Waals surface area contributed by atoms with Crippen molar-refractivity contribution in [3.8, 4) is 0 Å². The topological polar surface area (TPSA) is 39.2 Å². The molecule has 19 heavy (non-hydrogen) atoms. The summed E-state index contributed by atoms with van der Waals surface area (Å²) in [5, 5.41) is 3.78. The molecule has 0 fully saturated rings. The number of benzene rings is 1. The van der Waals surface area contributed by atoms with Crippen molar-refractivity contribution in [1.29, 1.82) is 0 Å². The maximum absolute atomic E-state index is 11.1. The van der Waals surface area contributed by atoms with Crippen LogP contribution in [0.25, 0.3) is 0 Å². The molecular weight excluding hydrogens is 282 g/mol. The van der Waals surface area contributed by atoms with Gasteiger partial charge in [0.2, 0.25) is 0 Å². The first-order chi connectivity index (χ1) is 9.17. The molecule has 2 aromatic rings. The number of rotatable bonds is 5. The minimum atomic E-state index is -0.202. The average molecular weight is 296 g/mol. The quantitative estimate of drug-likeness (QED) is 0.793. The number of methoxy groups -OCH3 is 1. The fourth-order valence-electron chi connectivity index (χ4n) is 1.65. The van der Waals surface area contributed by atoms with E-state index in [0.29, 0.717) is 12.8 Å². The van der Waals surface area contributed by atoms with Crippen LogP contribution in [0.5, 0.6) is 0 Å². The van der Waals surface area contributed by atoms with E-state index in [1.165, 1.54) is 12.7 Å². The normalized spacial score (nSPS) is 10.4. The van der Waals surface area contributed by atoms with Crippen molar-refractivity contribution in [2.24, 2.45) is 0 Å². The third-order valence-electron chi connectivity index (χ3n) is 2.68. The number of thiazole rings is 1. The van der Waals surface area contributed by atoms with E-state index >= 15 is 0 Å². The predicted octanol–water partition coefficient (Wildman–Crippen LogP) is 3.49. The molecule has 0 N–H and O–H groups in total. The highest BCUT2D eigenvalue weighted by atomic mass is 35.5. The Kier molecular flexibility index (Phi) is 4.93. The summed E-state index contributed by atoms with van der Waals surface area (Å²) in [5.41, 5.74) is 2.12. The molecule has 0 unspecified atom stereocenters. The minimum absolute atomic E-state index is 0.202. The molecule has 5 heteroatoms. The zero-order valence-corrected chi connectivity index (χ0v) is 12.1. The SMILES string of the molecule is COC(=O)CCc1csc(Cc2ccc(Cl)cc2)n1. The smallest absolute Gasteiger partial charge is 0.305 e. The molecule has 3 nitrogen and oxygen atoms in total. The van der Waals surface area contributed by atoms with E-state index in [1.54, 1.807) is 11.3 Å². The number of carbonyl (C=O) groups is 1. The molecule has 0 atom stereocenters. The van der Waals surface area contributed by atoms with Gasteiger partial charge in [-0.2, -0.15) is 0 Å². The molecule has 0 amide bonds. The van der Waals surface area contributed by atoms with Crippen molar-refractivity contribution >= 4 is 28.9 Å². The highest BCUT2D eigenvalue weighted by Gasteiger charge is 2.06. The monoisotopic (exact) mass is 295 g/mol. The Labute approximate surface area is 121 Å². The maximum atomic E-state index is 11.1. The highest BCUT2D eigenvalue weighted by molar-refractivity contribution is 7.09. The van der Waals surface area contributed by atoms with Gasteiger partial charge in [-0.05, 0) is 17.7 Å². The van der Waals surface area contributed by atoms with E-state index in [2.05, 4.69) is 9.72 Å². The van der Waals surface area contributed by atoms with E-state index in [0.717, 1.165) is 22.1 Å². The Hall–Kier alpha value is -1.39. The van der Waals surface area contributed by atoms with E-state index < -0.39 is 0 Å². The molecule has 2 rings (SSSR count). The number of aromatic nitrogens is 1. The number of hydrogen-bond donors (Lipinski definition) is 0. The van der Waals surface area contributed by atoms with Gasteiger partial charge >= 0.3 is 5.97 Å². The first kappa shape index (κ1) is 14.0. The average Bonchev–Trinajstić information content (AvgIpc) is 2.86. The fraction of sp³-hybridized carbons (Fsp3) is 0.286. The Morgan fingerprint density at radius 3 is 2.79 bits per heavy atom. The number of ether oxygens (including phenoxy) is 1. The molecule has 1 aromatic carbocycles. The van der Waals surface area contributed by atoms with Crippen LogP contribution in [0, 0.1) is 0 Å². The van der Waals surface area contributed by atoms with Crippen LogP contribution in [0.15, 0.2) is 29.6 Å². The van der Waals surface area contributed by atoms with Crippen LogP contribution in [0.1, 0.15) is 22.7 Å². The van der Waals surface area contributed by atoms with E-state index in [1.807, 2.05) is 29.6 Å². The Balaban J connectivity index is 1.93. The van der Waals surface area contributed by atoms with Gasteiger partial charge in [0.25, 0.3) is 0 Å². The van der Waals surface area contributed by atoms with Crippen molar-refractivity contribution in [1.82, 2.24) is 4.98 Å². The van der Waals surface area contributed by atoms with Crippen molar-refractivity contribution in [2.75, 3.05) is 7.11 Å². The molecule has 0 radical (unpaired) electrons. The standard InChI is InChI=1S/C14H14ClNO2S/c1-18-14(17)7-6-12-9-19-13(16-12)8-10-2-4-11(15)5-3-10/h2-5,9H,6-8H2,1H3. The molecule has 1 heterocycles. The zero-order valence-electron chi connectivity index (χ0n) is 10.6. The zero-order chi connectivity index (χ0) is 13.7. The molecule has 0 saturated heterocycles. The van der Waals surface area contributed by atoms with Crippen LogP contribution in [0.2, 0.25) is 5.02 Å². The molecule has 0 bridgehead atoms. The summed E-state index contributed by atoms with van der Waals surface area (Å²) in [5.74, 6) is -0.202. The molecule has 0 aliphatic heterocycles. The molecular formula is C14H14ClNO2S. The molecule has 0 spiro atoms. The fourth-order valence-corrected chi connectivity index (χ4v) is 2.64. The largest absolute Gasteiger partial charge is 0.469 e. The van der Waals surface area contributed by atoms with Gasteiger partial charge in [-0.1, -0.05) is 23.7 Å². The summed E-state index contributed by atoms with van der Waals surface area (Å²) in [6, 6.07) is 7.75. The van der Waals surface area contributed by atoms with Gasteiger partial charge in [0.05, 0.1) is 24.2 Å². The first-order valence-electron chi connectivity index (χ1n) is 5.92. The second-order valence-corrected chi connectivity index (χ2v) is 5.49. The van der Waals surface area contributed by atoms with Crippen LogP contribution in [0.3, 0.4) is 0 Å². The van der Waals surface area contributed by atoms with E-state index in [4.69, 9.17) is 11.6 Å². The molecule has 1 aromatic heterocycles. The van der Waals surface area contributed by atoms with Crippen LogP contribution < -0.4 is 0 Å². The summed E-state index contributed by atoms with van der Waals surface area (Å²) >= 11 is 7.46. The van der Waals surface area contributed by atoms with Gasteiger partial charge in [-0.25, -0.2) is 4.98 Å². The van der Waals surface area contributed by atoms with Crippen molar-refractivity contribution < 1.29 is 9.53 Å².